The molecule has 1 aromatic carbocycles. The van der Waals surface area contributed by atoms with Crippen LogP contribution in [0.15, 0.2) is 26.9 Å². The van der Waals surface area contributed by atoms with Crippen LogP contribution in [-0.4, -0.2) is 33.3 Å². The van der Waals surface area contributed by atoms with Crippen molar-refractivity contribution in [3.63, 3.8) is 0 Å². The van der Waals surface area contributed by atoms with Crippen molar-refractivity contribution in [1.82, 2.24) is 19.6 Å². The highest BCUT2D eigenvalue weighted by Gasteiger charge is 2.12. The monoisotopic (exact) mass is 393 g/mol. The molecule has 6 nitrogen and oxygen atoms in total. The minimum Gasteiger partial charge on any atom is -0.384 e. The van der Waals surface area contributed by atoms with Gasteiger partial charge in [-0.1, -0.05) is 36.5 Å². The Hall–Kier alpha value is -1.55. The lowest BCUT2D eigenvalue weighted by molar-refractivity contribution is 0.200. The Morgan fingerprint density at radius 3 is 2.92 bits per heavy atom. The van der Waals surface area contributed by atoms with E-state index >= 15 is 0 Å². The molecule has 1 N–H and O–H groups in total. The van der Waals surface area contributed by atoms with Crippen molar-refractivity contribution in [3.05, 3.63) is 35.2 Å². The lowest BCUT2D eigenvalue weighted by atomic mass is 10.1. The van der Waals surface area contributed by atoms with Gasteiger partial charge in [-0.05, 0) is 47.8 Å². The Labute approximate surface area is 159 Å². The van der Waals surface area contributed by atoms with E-state index in [4.69, 9.17) is 4.74 Å². The fourth-order valence-corrected chi connectivity index (χ4v) is 4.88. The van der Waals surface area contributed by atoms with E-state index in [0.29, 0.717) is 6.61 Å². The summed E-state index contributed by atoms with van der Waals surface area (Å²) in [6.07, 6.45) is 1.70. The number of hydrogen-bond donors (Lipinski definition) is 1. The third-order valence-corrected chi connectivity index (χ3v) is 6.21. The van der Waals surface area contributed by atoms with Crippen LogP contribution in [-0.2, 0) is 17.6 Å². The lowest BCUT2D eigenvalue weighted by Crippen LogP contribution is -1.97. The van der Waals surface area contributed by atoms with Gasteiger partial charge >= 0.3 is 0 Å². The molecule has 132 valence electrons. The van der Waals surface area contributed by atoms with Crippen LogP contribution in [0.4, 0.5) is 10.8 Å². The molecule has 0 aliphatic rings. The molecule has 0 saturated heterocycles. The van der Waals surface area contributed by atoms with Gasteiger partial charge in [0.15, 0.2) is 8.68 Å². The van der Waals surface area contributed by atoms with Crippen molar-refractivity contribution in [2.75, 3.05) is 19.0 Å². The number of ether oxygens (including phenoxy) is 1. The summed E-state index contributed by atoms with van der Waals surface area (Å²) in [7, 11) is 1.68. The molecule has 0 saturated carbocycles. The second-order valence-electron chi connectivity index (χ2n) is 5.28. The van der Waals surface area contributed by atoms with Crippen molar-refractivity contribution in [3.8, 4) is 0 Å². The van der Waals surface area contributed by atoms with E-state index in [0.717, 1.165) is 38.2 Å². The molecule has 3 rings (SSSR count). The zero-order valence-electron chi connectivity index (χ0n) is 14.3. The van der Waals surface area contributed by atoms with Gasteiger partial charge in [-0.2, -0.15) is 4.37 Å². The molecule has 0 atom stereocenters. The molecule has 3 aromatic rings. The normalized spacial score (nSPS) is 11.0. The summed E-state index contributed by atoms with van der Waals surface area (Å²) in [5, 5.41) is 12.7. The Morgan fingerprint density at radius 1 is 1.24 bits per heavy atom. The van der Waals surface area contributed by atoms with Gasteiger partial charge in [-0.3, -0.25) is 0 Å². The fraction of sp³-hybridized carbons (Fsp3) is 0.375. The summed E-state index contributed by atoms with van der Waals surface area (Å²) in [6.45, 7) is 4.88. The van der Waals surface area contributed by atoms with Crippen molar-refractivity contribution >= 4 is 45.5 Å². The van der Waals surface area contributed by atoms with Gasteiger partial charge in [0.05, 0.1) is 6.61 Å². The molecule has 0 fully saturated rings. The summed E-state index contributed by atoms with van der Waals surface area (Å²) in [4.78, 5) is 4.49. The predicted molar refractivity (Wildman–Crippen MR) is 103 cm³/mol. The summed E-state index contributed by atoms with van der Waals surface area (Å²) in [5.41, 5.74) is 3.60. The number of aryl methyl sites for hydroxylation is 2. The quantitative estimate of drug-likeness (QED) is 0.610. The Balaban J connectivity index is 1.68. The number of hydrogen-bond acceptors (Lipinski definition) is 9. The Kier molecular flexibility index (Phi) is 6.35. The van der Waals surface area contributed by atoms with Gasteiger partial charge in [-0.15, -0.1) is 10.2 Å². The molecule has 0 amide bonds. The van der Waals surface area contributed by atoms with Gasteiger partial charge in [0.2, 0.25) is 5.13 Å². The highest BCUT2D eigenvalue weighted by Crippen LogP contribution is 2.34. The first-order valence-corrected chi connectivity index (χ1v) is 10.3. The first-order valence-electron chi connectivity index (χ1n) is 7.88. The lowest BCUT2D eigenvalue weighted by Gasteiger charge is -2.11. The number of rotatable bonds is 8. The maximum Gasteiger partial charge on any atom is 0.210 e. The second kappa shape index (κ2) is 8.70. The molecular formula is C16H19N5OS3. The zero-order valence-corrected chi connectivity index (χ0v) is 16.7. The number of nitrogens with zero attached hydrogens (tertiary/aromatic N) is 4. The minimum atomic E-state index is 0.629. The van der Waals surface area contributed by atoms with Crippen LogP contribution < -0.4 is 5.32 Å². The van der Waals surface area contributed by atoms with Crippen LogP contribution in [0.25, 0.3) is 0 Å². The maximum absolute atomic E-state index is 5.05. The largest absolute Gasteiger partial charge is 0.384 e. The highest BCUT2D eigenvalue weighted by molar-refractivity contribution is 8.02. The van der Waals surface area contributed by atoms with Crippen LogP contribution in [0.3, 0.4) is 0 Å². The van der Waals surface area contributed by atoms with Crippen molar-refractivity contribution < 1.29 is 4.74 Å². The van der Waals surface area contributed by atoms with Gasteiger partial charge in [-0.25, -0.2) is 4.98 Å². The molecular weight excluding hydrogens is 374 g/mol. The van der Waals surface area contributed by atoms with Crippen molar-refractivity contribution in [2.24, 2.45) is 0 Å². The third-order valence-electron chi connectivity index (χ3n) is 3.53. The van der Waals surface area contributed by atoms with E-state index in [1.165, 1.54) is 45.8 Å². The van der Waals surface area contributed by atoms with Crippen molar-refractivity contribution in [2.45, 2.75) is 35.4 Å². The number of methoxy groups -OCH3 is 1. The molecule has 9 heteroatoms. The first kappa shape index (κ1) is 18.2. The first-order chi connectivity index (χ1) is 12.2. The van der Waals surface area contributed by atoms with Gasteiger partial charge in [0.25, 0.3) is 0 Å². The number of aromatic nitrogens is 4. The molecule has 25 heavy (non-hydrogen) atoms. The fourth-order valence-electron chi connectivity index (χ4n) is 2.26. The Bertz CT molecular complexity index is 833. The van der Waals surface area contributed by atoms with E-state index in [1.54, 1.807) is 7.11 Å². The minimum absolute atomic E-state index is 0.629. The molecule has 2 aromatic heterocycles. The van der Waals surface area contributed by atoms with Gasteiger partial charge in [0, 0.05) is 19.2 Å². The smallest absolute Gasteiger partial charge is 0.210 e. The number of benzene rings is 1. The van der Waals surface area contributed by atoms with E-state index < -0.39 is 0 Å². The van der Waals surface area contributed by atoms with Crippen LogP contribution in [0.5, 0.6) is 0 Å². The molecule has 0 radical (unpaired) electrons. The molecule has 0 aliphatic carbocycles. The molecule has 0 unspecified atom stereocenters. The second-order valence-corrected chi connectivity index (χ2v) is 8.51. The number of anilines is 2. The van der Waals surface area contributed by atoms with Gasteiger partial charge in [0.1, 0.15) is 5.82 Å². The topological polar surface area (TPSA) is 72.8 Å². The summed E-state index contributed by atoms with van der Waals surface area (Å²) in [5.74, 6) is 0.810. The standard InChI is InChI=1S/C16H19N5OS3/c1-4-11-7-5-6-10(2)13(11)18-14-19-20-16(23-14)24-15-17-12(21-25-15)8-9-22-3/h5-7H,4,8-9H2,1-3H3,(H,18,19). The van der Waals surface area contributed by atoms with Crippen LogP contribution >= 0.6 is 34.6 Å². The predicted octanol–water partition coefficient (Wildman–Crippen LogP) is 4.34. The van der Waals surface area contributed by atoms with E-state index in [2.05, 4.69) is 56.9 Å². The highest BCUT2D eigenvalue weighted by atomic mass is 32.2. The average Bonchev–Trinajstić information content (AvgIpc) is 3.24. The summed E-state index contributed by atoms with van der Waals surface area (Å²) in [6, 6.07) is 6.31. The molecule has 0 aliphatic heterocycles. The van der Waals surface area contributed by atoms with Gasteiger partial charge < -0.3 is 10.1 Å². The Morgan fingerprint density at radius 2 is 2.12 bits per heavy atom. The van der Waals surface area contributed by atoms with E-state index in [9.17, 15) is 0 Å². The summed E-state index contributed by atoms with van der Waals surface area (Å²) >= 11 is 4.40. The van der Waals surface area contributed by atoms with Crippen LogP contribution in [0.2, 0.25) is 0 Å². The maximum atomic E-state index is 5.05. The number of nitrogens with one attached hydrogen (secondary N) is 1. The van der Waals surface area contributed by atoms with Crippen LogP contribution in [0, 0.1) is 6.92 Å². The molecule has 2 heterocycles. The van der Waals surface area contributed by atoms with E-state index in [-0.39, 0.29) is 0 Å². The molecule has 0 spiro atoms. The van der Waals surface area contributed by atoms with Crippen molar-refractivity contribution in [1.29, 1.82) is 0 Å². The summed E-state index contributed by atoms with van der Waals surface area (Å²) < 4.78 is 11.1. The molecule has 0 bridgehead atoms. The van der Waals surface area contributed by atoms with E-state index in [1.807, 2.05) is 0 Å². The zero-order chi connectivity index (χ0) is 17.6. The third kappa shape index (κ3) is 4.75. The van der Waals surface area contributed by atoms with Crippen LogP contribution in [0.1, 0.15) is 23.9 Å². The number of para-hydroxylation sites is 1. The SMILES string of the molecule is CCc1cccc(C)c1Nc1nnc(Sc2nc(CCOC)ns2)s1. The average molecular weight is 394 g/mol.